The fraction of sp³-hybridized carbons (Fsp3) is 0.429. The molecule has 3 rings (SSSR count). The van der Waals surface area contributed by atoms with Gasteiger partial charge < -0.3 is 14.0 Å². The Labute approximate surface area is 165 Å². The number of fused-ring (bicyclic) bond motifs is 1. The van der Waals surface area contributed by atoms with E-state index in [2.05, 4.69) is 23.4 Å². The van der Waals surface area contributed by atoms with Gasteiger partial charge in [0.2, 0.25) is 0 Å². The van der Waals surface area contributed by atoms with Gasteiger partial charge in [-0.1, -0.05) is 25.4 Å². The first-order valence-electron chi connectivity index (χ1n) is 9.33. The van der Waals surface area contributed by atoms with E-state index in [4.69, 9.17) is 26.1 Å². The molecule has 27 heavy (non-hydrogen) atoms. The van der Waals surface area contributed by atoms with Crippen LogP contribution in [0, 0.1) is 0 Å². The van der Waals surface area contributed by atoms with Crippen molar-refractivity contribution in [3.63, 3.8) is 0 Å². The van der Waals surface area contributed by atoms with Crippen LogP contribution in [0.2, 0.25) is 5.02 Å². The number of benzene rings is 1. The average Bonchev–Trinajstić information content (AvgIpc) is 3.07. The molecule has 0 N–H and O–H groups in total. The van der Waals surface area contributed by atoms with E-state index < -0.39 is 0 Å². The summed E-state index contributed by atoms with van der Waals surface area (Å²) in [6.45, 7) is 5.06. The van der Waals surface area contributed by atoms with Gasteiger partial charge in [0.1, 0.15) is 17.1 Å². The maximum atomic E-state index is 6.51. The van der Waals surface area contributed by atoms with Crippen molar-refractivity contribution >= 4 is 22.6 Å². The molecule has 0 amide bonds. The first-order chi connectivity index (χ1) is 13.1. The minimum absolute atomic E-state index is 0.339. The molecule has 0 saturated heterocycles. The van der Waals surface area contributed by atoms with Crippen LogP contribution in [0.5, 0.6) is 5.75 Å². The Balaban J connectivity index is 2.17. The topological polar surface area (TPSA) is 49.2 Å². The summed E-state index contributed by atoms with van der Waals surface area (Å²) in [6, 6.07) is 8.02. The van der Waals surface area contributed by atoms with E-state index in [0.717, 1.165) is 59.7 Å². The molecule has 0 aliphatic rings. The zero-order valence-electron chi connectivity index (χ0n) is 16.3. The summed E-state index contributed by atoms with van der Waals surface area (Å²) in [7, 11) is 3.37. The number of rotatable bonds is 8. The molecule has 0 saturated carbocycles. The summed E-state index contributed by atoms with van der Waals surface area (Å²) >= 11 is 6.51. The van der Waals surface area contributed by atoms with Crippen molar-refractivity contribution in [1.29, 1.82) is 0 Å². The van der Waals surface area contributed by atoms with Crippen molar-refractivity contribution in [2.75, 3.05) is 20.8 Å². The van der Waals surface area contributed by atoms with Crippen LogP contribution in [0.15, 0.2) is 30.5 Å². The van der Waals surface area contributed by atoms with Gasteiger partial charge in [0.05, 0.1) is 23.3 Å². The molecule has 1 atom stereocenters. The number of hydrogen-bond donors (Lipinski definition) is 0. The number of ether oxygens (including phenoxy) is 2. The van der Waals surface area contributed by atoms with Crippen LogP contribution in [0.1, 0.15) is 38.6 Å². The normalized spacial score (nSPS) is 12.5. The number of nitrogens with zero attached hydrogens (tertiary/aromatic N) is 3. The molecule has 144 valence electrons. The highest BCUT2D eigenvalue weighted by atomic mass is 35.5. The van der Waals surface area contributed by atoms with E-state index in [9.17, 15) is 0 Å². The lowest BCUT2D eigenvalue weighted by Crippen LogP contribution is -2.13. The van der Waals surface area contributed by atoms with Crippen LogP contribution < -0.4 is 4.74 Å². The van der Waals surface area contributed by atoms with Crippen molar-refractivity contribution in [3.05, 3.63) is 41.3 Å². The second-order valence-corrected chi connectivity index (χ2v) is 6.88. The van der Waals surface area contributed by atoms with Crippen LogP contribution >= 0.6 is 11.6 Å². The lowest BCUT2D eigenvalue weighted by molar-refractivity contribution is 0.177. The van der Waals surface area contributed by atoms with Crippen molar-refractivity contribution in [2.45, 2.75) is 39.2 Å². The van der Waals surface area contributed by atoms with Gasteiger partial charge in [-0.15, -0.1) is 0 Å². The van der Waals surface area contributed by atoms with Gasteiger partial charge in [0, 0.05) is 37.9 Å². The first-order valence-corrected chi connectivity index (χ1v) is 9.70. The summed E-state index contributed by atoms with van der Waals surface area (Å²) < 4.78 is 12.9. The van der Waals surface area contributed by atoms with E-state index in [1.54, 1.807) is 14.2 Å². The summed E-state index contributed by atoms with van der Waals surface area (Å²) in [6.07, 6.45) is 4.65. The maximum absolute atomic E-state index is 6.51. The maximum Gasteiger partial charge on any atom is 0.120 e. The van der Waals surface area contributed by atoms with Gasteiger partial charge in [-0.2, -0.15) is 0 Å². The third-order valence-corrected chi connectivity index (χ3v) is 5.23. The van der Waals surface area contributed by atoms with Crippen molar-refractivity contribution in [3.8, 4) is 17.0 Å². The fourth-order valence-electron chi connectivity index (χ4n) is 3.51. The number of aromatic nitrogens is 3. The molecule has 6 heteroatoms. The second-order valence-electron chi connectivity index (χ2n) is 6.47. The van der Waals surface area contributed by atoms with Gasteiger partial charge >= 0.3 is 0 Å². The SMILES string of the molecule is CCc1nc2c(-c3ccc(OC)cc3Cl)nccc2n1C(CC)CCOC. The molecule has 1 unspecified atom stereocenters. The van der Waals surface area contributed by atoms with Crippen LogP contribution in [0.3, 0.4) is 0 Å². The smallest absolute Gasteiger partial charge is 0.120 e. The highest BCUT2D eigenvalue weighted by molar-refractivity contribution is 6.33. The molecular weight excluding hydrogens is 362 g/mol. The Morgan fingerprint density at radius 1 is 1.19 bits per heavy atom. The third kappa shape index (κ3) is 3.80. The number of methoxy groups -OCH3 is 2. The van der Waals surface area contributed by atoms with E-state index in [-0.39, 0.29) is 0 Å². The molecule has 0 aliphatic carbocycles. The predicted molar refractivity (Wildman–Crippen MR) is 110 cm³/mol. The number of halogens is 1. The molecule has 0 aliphatic heterocycles. The summed E-state index contributed by atoms with van der Waals surface area (Å²) in [5, 5.41) is 0.605. The van der Waals surface area contributed by atoms with Gasteiger partial charge in [-0.05, 0) is 37.1 Å². The number of pyridine rings is 1. The van der Waals surface area contributed by atoms with Crippen LogP contribution in [0.25, 0.3) is 22.3 Å². The summed E-state index contributed by atoms with van der Waals surface area (Å²) in [4.78, 5) is 9.54. The quantitative estimate of drug-likeness (QED) is 0.525. The largest absolute Gasteiger partial charge is 0.497 e. The zero-order chi connectivity index (χ0) is 19.4. The number of imidazole rings is 1. The van der Waals surface area contributed by atoms with Gasteiger partial charge in [-0.3, -0.25) is 4.98 Å². The Morgan fingerprint density at radius 3 is 2.63 bits per heavy atom. The minimum atomic E-state index is 0.339. The molecule has 0 spiro atoms. The monoisotopic (exact) mass is 387 g/mol. The Bertz CT molecular complexity index is 923. The molecule has 0 fully saturated rings. The van der Waals surface area contributed by atoms with Gasteiger partial charge in [0.25, 0.3) is 0 Å². The molecule has 3 aromatic rings. The lowest BCUT2D eigenvalue weighted by atomic mass is 10.1. The average molecular weight is 388 g/mol. The zero-order valence-corrected chi connectivity index (χ0v) is 17.1. The van der Waals surface area contributed by atoms with Crippen molar-refractivity contribution in [2.24, 2.45) is 0 Å². The highest BCUT2D eigenvalue weighted by Gasteiger charge is 2.20. The Morgan fingerprint density at radius 2 is 2.00 bits per heavy atom. The highest BCUT2D eigenvalue weighted by Crippen LogP contribution is 2.35. The van der Waals surface area contributed by atoms with Gasteiger partial charge in [-0.25, -0.2) is 4.98 Å². The third-order valence-electron chi connectivity index (χ3n) is 4.92. The van der Waals surface area contributed by atoms with E-state index in [1.165, 1.54) is 0 Å². The Hall–Kier alpha value is -2.11. The van der Waals surface area contributed by atoms with Crippen LogP contribution in [0.4, 0.5) is 0 Å². The van der Waals surface area contributed by atoms with Crippen molar-refractivity contribution < 1.29 is 9.47 Å². The second kappa shape index (κ2) is 8.72. The standard InChI is InChI=1S/C21H26ClN3O2/c1-5-14(10-12-26-3)25-18-9-11-23-20(21(18)24-19(25)6-2)16-8-7-15(27-4)13-17(16)22/h7-9,11,13-14H,5-6,10,12H2,1-4H3. The van der Waals surface area contributed by atoms with E-state index in [0.29, 0.717) is 11.1 Å². The fourth-order valence-corrected chi connectivity index (χ4v) is 3.77. The van der Waals surface area contributed by atoms with Gasteiger partial charge in [0.15, 0.2) is 0 Å². The number of hydrogen-bond acceptors (Lipinski definition) is 4. The predicted octanol–water partition coefficient (Wildman–Crippen LogP) is 5.31. The summed E-state index contributed by atoms with van der Waals surface area (Å²) in [5.41, 5.74) is 3.64. The van der Waals surface area contributed by atoms with Crippen molar-refractivity contribution in [1.82, 2.24) is 14.5 Å². The molecule has 0 bridgehead atoms. The lowest BCUT2D eigenvalue weighted by Gasteiger charge is -2.20. The van der Waals surface area contributed by atoms with E-state index >= 15 is 0 Å². The molecule has 2 aromatic heterocycles. The molecule has 0 radical (unpaired) electrons. The number of aryl methyl sites for hydroxylation is 1. The van der Waals surface area contributed by atoms with Crippen LogP contribution in [-0.2, 0) is 11.2 Å². The molecular formula is C21H26ClN3O2. The Kier molecular flexibility index (Phi) is 6.34. The molecule has 1 aromatic carbocycles. The van der Waals surface area contributed by atoms with E-state index in [1.807, 2.05) is 30.5 Å². The first kappa shape index (κ1) is 19.6. The molecule has 5 nitrogen and oxygen atoms in total. The summed E-state index contributed by atoms with van der Waals surface area (Å²) in [5.74, 6) is 1.79. The van der Waals surface area contributed by atoms with Crippen LogP contribution in [-0.4, -0.2) is 35.4 Å². The minimum Gasteiger partial charge on any atom is -0.497 e. The molecule has 2 heterocycles.